The Bertz CT molecular complexity index is 1000. The molecule has 0 bridgehead atoms. The topological polar surface area (TPSA) is 92.3 Å². The minimum atomic E-state index is -0.999. The van der Waals surface area contributed by atoms with E-state index in [2.05, 4.69) is 5.32 Å². The van der Waals surface area contributed by atoms with E-state index in [9.17, 15) is 9.59 Å². The first-order chi connectivity index (χ1) is 14.8. The lowest BCUT2D eigenvalue weighted by atomic mass is 10.0. The van der Waals surface area contributed by atoms with Crippen LogP contribution in [0.25, 0.3) is 0 Å². The fourth-order valence-electron chi connectivity index (χ4n) is 3.49. The van der Waals surface area contributed by atoms with E-state index in [4.69, 9.17) is 23.7 Å². The minimum absolute atomic E-state index is 0.317. The molecule has 31 heavy (non-hydrogen) atoms. The SMILES string of the molecule is CC(OC(=O)COc1cccc2c1OC(C)(C)C2)C(=O)Nc1ccc2c(c1)OCCO2. The van der Waals surface area contributed by atoms with Crippen molar-refractivity contribution in [1.82, 2.24) is 0 Å². The van der Waals surface area contributed by atoms with Crippen molar-refractivity contribution in [2.45, 2.75) is 38.9 Å². The zero-order chi connectivity index (χ0) is 22.0. The molecule has 2 aromatic rings. The molecule has 2 aromatic carbocycles. The summed E-state index contributed by atoms with van der Waals surface area (Å²) < 4.78 is 27.7. The van der Waals surface area contributed by atoms with E-state index in [-0.39, 0.29) is 12.2 Å². The van der Waals surface area contributed by atoms with Gasteiger partial charge in [-0.05, 0) is 39.0 Å². The van der Waals surface area contributed by atoms with Crippen molar-refractivity contribution < 1.29 is 33.3 Å². The number of carbonyl (C=O) groups excluding carboxylic acids is 2. The first kappa shape index (κ1) is 20.8. The molecule has 2 aliphatic heterocycles. The number of anilines is 1. The number of benzene rings is 2. The quantitative estimate of drug-likeness (QED) is 0.708. The number of carbonyl (C=O) groups is 2. The highest BCUT2D eigenvalue weighted by molar-refractivity contribution is 5.95. The van der Waals surface area contributed by atoms with E-state index >= 15 is 0 Å². The molecule has 1 amide bonds. The Kier molecular flexibility index (Phi) is 5.63. The molecular formula is C23H25NO7. The van der Waals surface area contributed by atoms with Gasteiger partial charge in [-0.25, -0.2) is 4.79 Å². The van der Waals surface area contributed by atoms with Crippen LogP contribution in [-0.2, 0) is 20.7 Å². The van der Waals surface area contributed by atoms with Gasteiger partial charge >= 0.3 is 5.97 Å². The molecule has 164 valence electrons. The van der Waals surface area contributed by atoms with Gasteiger partial charge in [-0.1, -0.05) is 12.1 Å². The van der Waals surface area contributed by atoms with Crippen LogP contribution in [0.4, 0.5) is 5.69 Å². The molecule has 0 aromatic heterocycles. The van der Waals surface area contributed by atoms with Gasteiger partial charge in [-0.15, -0.1) is 0 Å². The zero-order valence-electron chi connectivity index (χ0n) is 17.7. The second-order valence-electron chi connectivity index (χ2n) is 8.05. The molecule has 1 N–H and O–H groups in total. The van der Waals surface area contributed by atoms with Crippen LogP contribution in [0.5, 0.6) is 23.0 Å². The molecule has 0 radical (unpaired) electrons. The molecule has 0 saturated carbocycles. The molecule has 2 heterocycles. The average molecular weight is 427 g/mol. The Balaban J connectivity index is 1.29. The summed E-state index contributed by atoms with van der Waals surface area (Å²) in [7, 11) is 0. The van der Waals surface area contributed by atoms with Crippen molar-refractivity contribution in [3.8, 4) is 23.0 Å². The molecule has 8 nitrogen and oxygen atoms in total. The van der Waals surface area contributed by atoms with Gasteiger partial charge in [0.2, 0.25) is 0 Å². The van der Waals surface area contributed by atoms with Gasteiger partial charge in [-0.2, -0.15) is 0 Å². The third-order valence-electron chi connectivity index (χ3n) is 4.89. The van der Waals surface area contributed by atoms with Gasteiger partial charge in [0.1, 0.15) is 18.8 Å². The summed E-state index contributed by atoms with van der Waals surface area (Å²) in [5, 5.41) is 2.70. The van der Waals surface area contributed by atoms with Gasteiger partial charge in [0.05, 0.1) is 0 Å². The Morgan fingerprint density at radius 1 is 1.13 bits per heavy atom. The number of esters is 1. The summed E-state index contributed by atoms with van der Waals surface area (Å²) in [6.07, 6.45) is -0.234. The lowest BCUT2D eigenvalue weighted by Gasteiger charge is -2.19. The summed E-state index contributed by atoms with van der Waals surface area (Å²) >= 11 is 0. The maximum absolute atomic E-state index is 12.4. The maximum Gasteiger partial charge on any atom is 0.344 e. The third-order valence-corrected chi connectivity index (χ3v) is 4.89. The monoisotopic (exact) mass is 427 g/mol. The number of rotatable bonds is 6. The van der Waals surface area contributed by atoms with E-state index in [0.29, 0.717) is 41.9 Å². The fourth-order valence-corrected chi connectivity index (χ4v) is 3.49. The van der Waals surface area contributed by atoms with E-state index < -0.39 is 18.0 Å². The summed E-state index contributed by atoms with van der Waals surface area (Å²) in [6, 6.07) is 10.6. The summed E-state index contributed by atoms with van der Waals surface area (Å²) in [6.45, 7) is 6.09. The van der Waals surface area contributed by atoms with Crippen molar-refractivity contribution >= 4 is 17.6 Å². The van der Waals surface area contributed by atoms with Crippen LogP contribution in [-0.4, -0.2) is 43.4 Å². The van der Waals surface area contributed by atoms with Crippen molar-refractivity contribution in [3.05, 3.63) is 42.0 Å². The zero-order valence-corrected chi connectivity index (χ0v) is 17.7. The van der Waals surface area contributed by atoms with Crippen LogP contribution in [0, 0.1) is 0 Å². The van der Waals surface area contributed by atoms with Crippen LogP contribution in [0.15, 0.2) is 36.4 Å². The third kappa shape index (κ3) is 4.84. The Morgan fingerprint density at radius 3 is 2.71 bits per heavy atom. The fraction of sp³-hybridized carbons (Fsp3) is 0.391. The molecule has 1 atom stereocenters. The maximum atomic E-state index is 12.4. The Hall–Kier alpha value is -3.42. The second-order valence-corrected chi connectivity index (χ2v) is 8.05. The molecule has 0 saturated heterocycles. The highest BCUT2D eigenvalue weighted by atomic mass is 16.6. The Morgan fingerprint density at radius 2 is 1.90 bits per heavy atom. The van der Waals surface area contributed by atoms with E-state index in [1.807, 2.05) is 26.0 Å². The summed E-state index contributed by atoms with van der Waals surface area (Å²) in [5.41, 5.74) is 1.24. The predicted molar refractivity (Wildman–Crippen MR) is 112 cm³/mol. The van der Waals surface area contributed by atoms with Crippen LogP contribution in [0.1, 0.15) is 26.3 Å². The lowest BCUT2D eigenvalue weighted by molar-refractivity contribution is -0.155. The van der Waals surface area contributed by atoms with E-state index in [1.54, 1.807) is 24.3 Å². The molecule has 4 rings (SSSR count). The van der Waals surface area contributed by atoms with Crippen LogP contribution in [0.3, 0.4) is 0 Å². The first-order valence-corrected chi connectivity index (χ1v) is 10.1. The molecule has 8 heteroatoms. The van der Waals surface area contributed by atoms with Crippen molar-refractivity contribution in [1.29, 1.82) is 0 Å². The standard InChI is InChI=1S/C23H25NO7/c1-14(22(26)24-16-7-8-17-19(11-16)28-10-9-27-17)30-20(25)13-29-18-6-4-5-15-12-23(2,3)31-21(15)18/h4-8,11,14H,9-10,12-13H2,1-3H3,(H,24,26). The van der Waals surface area contributed by atoms with Gasteiger partial charge in [0.15, 0.2) is 35.7 Å². The Labute approximate surface area is 180 Å². The van der Waals surface area contributed by atoms with Gasteiger partial charge in [0, 0.05) is 23.7 Å². The van der Waals surface area contributed by atoms with Gasteiger partial charge in [0.25, 0.3) is 5.91 Å². The minimum Gasteiger partial charge on any atom is -0.486 e. The normalized spacial score (nSPS) is 16.5. The molecule has 2 aliphatic rings. The number of nitrogens with one attached hydrogen (secondary N) is 1. The average Bonchev–Trinajstić information content (AvgIpc) is 3.06. The lowest BCUT2D eigenvalue weighted by Crippen LogP contribution is -2.31. The number of ether oxygens (including phenoxy) is 5. The van der Waals surface area contributed by atoms with Crippen LogP contribution >= 0.6 is 0 Å². The summed E-state index contributed by atoms with van der Waals surface area (Å²) in [5.74, 6) is 1.19. The van der Waals surface area contributed by atoms with E-state index in [0.717, 1.165) is 12.0 Å². The molecule has 0 fully saturated rings. The molecule has 1 unspecified atom stereocenters. The number of hydrogen-bond acceptors (Lipinski definition) is 7. The number of hydrogen-bond donors (Lipinski definition) is 1. The van der Waals surface area contributed by atoms with Gasteiger partial charge in [-0.3, -0.25) is 4.79 Å². The van der Waals surface area contributed by atoms with Crippen molar-refractivity contribution in [3.63, 3.8) is 0 Å². The molecular weight excluding hydrogens is 402 g/mol. The predicted octanol–water partition coefficient (Wildman–Crippen LogP) is 3.12. The number of fused-ring (bicyclic) bond motifs is 2. The van der Waals surface area contributed by atoms with Crippen molar-refractivity contribution in [2.75, 3.05) is 25.1 Å². The number of para-hydroxylation sites is 1. The van der Waals surface area contributed by atoms with Gasteiger partial charge < -0.3 is 29.0 Å². The van der Waals surface area contributed by atoms with Crippen LogP contribution in [0.2, 0.25) is 0 Å². The van der Waals surface area contributed by atoms with Crippen molar-refractivity contribution in [2.24, 2.45) is 0 Å². The highest BCUT2D eigenvalue weighted by Gasteiger charge is 2.32. The first-order valence-electron chi connectivity index (χ1n) is 10.1. The second kappa shape index (κ2) is 8.37. The summed E-state index contributed by atoms with van der Waals surface area (Å²) in [4.78, 5) is 24.6. The van der Waals surface area contributed by atoms with E-state index in [1.165, 1.54) is 6.92 Å². The van der Waals surface area contributed by atoms with Crippen LogP contribution < -0.4 is 24.3 Å². The largest absolute Gasteiger partial charge is 0.486 e. The molecule has 0 spiro atoms. The highest BCUT2D eigenvalue weighted by Crippen LogP contribution is 2.41. The smallest absolute Gasteiger partial charge is 0.344 e. The number of amides is 1. The molecule has 0 aliphatic carbocycles.